The van der Waals surface area contributed by atoms with Gasteiger partial charge in [0, 0.05) is 109 Å². The van der Waals surface area contributed by atoms with Gasteiger partial charge in [-0.2, -0.15) is 0 Å². The fourth-order valence-electron chi connectivity index (χ4n) is 13.6. The second kappa shape index (κ2) is 18.8. The first kappa shape index (κ1) is 47.9. The van der Waals surface area contributed by atoms with Crippen molar-refractivity contribution >= 4 is 176 Å². The topological polar surface area (TPSA) is 13.0 Å². The lowest BCUT2D eigenvalue weighted by molar-refractivity contribution is 1.23. The highest BCUT2D eigenvalue weighted by Crippen LogP contribution is 2.50. The number of hydrogen-bond donors (Lipinski definition) is 0. The molecule has 13 aromatic carbocycles. The van der Waals surface area contributed by atoms with Crippen molar-refractivity contribution in [2.45, 2.75) is 13.8 Å². The predicted molar refractivity (Wildman–Crippen MR) is 360 cm³/mol. The van der Waals surface area contributed by atoms with Crippen LogP contribution >= 0.6 is 22.7 Å². The Hall–Kier alpha value is -9.92. The van der Waals surface area contributed by atoms with Gasteiger partial charge in [0.2, 0.25) is 0 Å². The summed E-state index contributed by atoms with van der Waals surface area (Å²) in [6.45, 7) is 4.47. The fraction of sp³-hybridized carbons (Fsp3) is 0.0263. The normalized spacial score (nSPS) is 12.6. The molecular formula is C76H51BN4S2. The van der Waals surface area contributed by atoms with Crippen molar-refractivity contribution in [3.05, 3.63) is 284 Å². The van der Waals surface area contributed by atoms with Crippen LogP contribution in [0.5, 0.6) is 0 Å². The zero-order chi connectivity index (χ0) is 54.9. The zero-order valence-corrected chi connectivity index (χ0v) is 47.3. The second-order valence-electron chi connectivity index (χ2n) is 22.2. The third-order valence-electron chi connectivity index (χ3n) is 17.3. The maximum absolute atomic E-state index is 2.58. The average molecular weight is 1100 g/mol. The molecule has 0 unspecified atom stereocenters. The number of benzene rings is 13. The number of aryl methyl sites for hydroxylation is 2. The molecule has 0 radical (unpaired) electrons. The monoisotopic (exact) mass is 1090 g/mol. The lowest BCUT2D eigenvalue weighted by Crippen LogP contribution is -2.61. The molecule has 0 saturated heterocycles. The average Bonchev–Trinajstić information content (AvgIpc) is 1.83. The van der Waals surface area contributed by atoms with Crippen molar-refractivity contribution in [3.8, 4) is 0 Å². The number of nitrogens with zero attached hydrogens (tertiary/aromatic N) is 4. The van der Waals surface area contributed by atoms with Gasteiger partial charge in [-0.3, -0.25) is 0 Å². The van der Waals surface area contributed by atoms with Gasteiger partial charge in [0.1, 0.15) is 0 Å². The van der Waals surface area contributed by atoms with Crippen LogP contribution in [0.25, 0.3) is 61.9 Å². The van der Waals surface area contributed by atoms with Crippen molar-refractivity contribution in [1.29, 1.82) is 0 Å². The van der Waals surface area contributed by atoms with E-state index < -0.39 is 0 Å². The smallest absolute Gasteiger partial charge is 0.252 e. The highest BCUT2D eigenvalue weighted by atomic mass is 32.1. The highest BCUT2D eigenvalue weighted by molar-refractivity contribution is 7.26. The summed E-state index contributed by atoms with van der Waals surface area (Å²) in [6.07, 6.45) is 0. The van der Waals surface area contributed by atoms with E-state index in [2.05, 4.69) is 306 Å². The minimum absolute atomic E-state index is 0.0388. The van der Waals surface area contributed by atoms with E-state index >= 15 is 0 Å². The Bertz CT molecular complexity index is 4700. The molecule has 7 heteroatoms. The van der Waals surface area contributed by atoms with Crippen LogP contribution in [-0.2, 0) is 0 Å². The predicted octanol–water partition coefficient (Wildman–Crippen LogP) is 20.4. The molecule has 0 aliphatic carbocycles. The minimum atomic E-state index is -0.0388. The molecule has 0 fully saturated rings. The van der Waals surface area contributed by atoms with E-state index in [4.69, 9.17) is 0 Å². The molecule has 4 heterocycles. The first-order valence-corrected chi connectivity index (χ1v) is 30.1. The summed E-state index contributed by atoms with van der Waals surface area (Å²) in [5.74, 6) is 0. The Kier molecular flexibility index (Phi) is 10.9. The van der Waals surface area contributed by atoms with Crippen molar-refractivity contribution in [1.82, 2.24) is 0 Å². The van der Waals surface area contributed by atoms with E-state index in [9.17, 15) is 0 Å². The minimum Gasteiger partial charge on any atom is -0.311 e. The molecule has 17 rings (SSSR count). The van der Waals surface area contributed by atoms with E-state index in [1.54, 1.807) is 0 Å². The molecule has 0 spiro atoms. The largest absolute Gasteiger partial charge is 0.311 e. The Morgan fingerprint density at radius 3 is 1.02 bits per heavy atom. The fourth-order valence-corrected chi connectivity index (χ4v) is 15.9. The van der Waals surface area contributed by atoms with Crippen molar-refractivity contribution < 1.29 is 0 Å². The number of anilines is 12. The number of fused-ring (bicyclic) bond motifs is 12. The Labute approximate surface area is 490 Å². The van der Waals surface area contributed by atoms with Gasteiger partial charge >= 0.3 is 0 Å². The molecule has 0 atom stereocenters. The van der Waals surface area contributed by atoms with E-state index in [1.807, 2.05) is 22.7 Å². The third-order valence-corrected chi connectivity index (χ3v) is 19.6. The van der Waals surface area contributed by atoms with Gasteiger partial charge in [0.05, 0.1) is 0 Å². The summed E-state index contributed by atoms with van der Waals surface area (Å²) in [5, 5.41) is 10.0. The van der Waals surface area contributed by atoms with E-state index in [1.165, 1.54) is 124 Å². The van der Waals surface area contributed by atoms with Gasteiger partial charge in [0.15, 0.2) is 0 Å². The summed E-state index contributed by atoms with van der Waals surface area (Å²) in [6, 6.07) is 101. The third kappa shape index (κ3) is 7.58. The van der Waals surface area contributed by atoms with Crippen LogP contribution in [0.15, 0.2) is 273 Å². The molecule has 83 heavy (non-hydrogen) atoms. The van der Waals surface area contributed by atoms with Gasteiger partial charge in [-0.1, -0.05) is 127 Å². The summed E-state index contributed by atoms with van der Waals surface area (Å²) in [5.41, 5.74) is 20.5. The van der Waals surface area contributed by atoms with Crippen molar-refractivity contribution in [2.24, 2.45) is 0 Å². The number of para-hydroxylation sites is 6. The molecular weight excluding hydrogens is 1040 g/mol. The highest BCUT2D eigenvalue weighted by Gasteiger charge is 2.44. The first-order valence-electron chi connectivity index (χ1n) is 28.5. The van der Waals surface area contributed by atoms with E-state index in [-0.39, 0.29) is 6.71 Å². The number of hydrogen-bond acceptors (Lipinski definition) is 6. The molecule has 2 aromatic heterocycles. The molecule has 390 valence electrons. The first-order chi connectivity index (χ1) is 41.0. The lowest BCUT2D eigenvalue weighted by Gasteiger charge is -2.44. The Balaban J connectivity index is 0.875. The maximum Gasteiger partial charge on any atom is 0.252 e. The van der Waals surface area contributed by atoms with E-state index in [0.717, 1.165) is 34.1 Å². The van der Waals surface area contributed by atoms with Gasteiger partial charge < -0.3 is 19.6 Å². The summed E-state index contributed by atoms with van der Waals surface area (Å²) >= 11 is 3.83. The molecule has 2 aliphatic heterocycles. The molecule has 0 saturated carbocycles. The molecule has 4 nitrogen and oxygen atoms in total. The maximum atomic E-state index is 2.58. The number of rotatable bonds is 8. The number of thiophene rings is 2. The SMILES string of the molecule is Cc1ccccc1N1c2cc3c(cc2B2c4cc5sc6cc7cc(N(c8ccccc8)c8ccccc8)ccc7cc6c5cc4N(c4ccccc4C)c4cccc1c42)sc1cc2cc(N(c4ccccc4)c4ccccc4)ccc2cc13. The second-order valence-corrected chi connectivity index (χ2v) is 24.3. The van der Waals surface area contributed by atoms with Crippen LogP contribution in [0, 0.1) is 13.8 Å². The Morgan fingerprint density at radius 1 is 0.277 bits per heavy atom. The van der Waals surface area contributed by atoms with Gasteiger partial charge in [-0.05, 0) is 209 Å². The molecule has 0 N–H and O–H groups in total. The summed E-state index contributed by atoms with van der Waals surface area (Å²) < 4.78 is 5.16. The Morgan fingerprint density at radius 2 is 0.627 bits per heavy atom. The molecule has 0 bridgehead atoms. The van der Waals surface area contributed by atoms with E-state index in [0.29, 0.717) is 0 Å². The van der Waals surface area contributed by atoms with Crippen LogP contribution < -0.4 is 36.0 Å². The van der Waals surface area contributed by atoms with Crippen LogP contribution in [-0.4, -0.2) is 6.71 Å². The van der Waals surface area contributed by atoms with Gasteiger partial charge in [-0.15, -0.1) is 22.7 Å². The summed E-state index contributed by atoms with van der Waals surface area (Å²) in [4.78, 5) is 9.86. The van der Waals surface area contributed by atoms with Crippen molar-refractivity contribution in [3.63, 3.8) is 0 Å². The molecule has 2 aliphatic rings. The standard InChI is InChI=1S/C76H51BN4S2/c1-48-20-15-17-30-66(48)80-68-32-19-33-69-76(68)77(64-46-74-62(44-70(64)80)60-40-50-34-36-58(38-52(50)42-72(60)82-74)78(54-22-7-3-8-23-54)55-24-9-4-10-25-55)65-47-75-63(45-71(65)81(69)67-31-18-16-21-49(67)2)61-41-51-35-37-59(39-53(51)43-73(61)83-75)79(56-26-11-5-12-27-56)57-28-13-6-14-29-57/h3-47H,1-2H3. The van der Waals surface area contributed by atoms with Crippen LogP contribution in [0.4, 0.5) is 68.2 Å². The van der Waals surface area contributed by atoms with Gasteiger partial charge in [-0.25, -0.2) is 0 Å². The lowest BCUT2D eigenvalue weighted by atomic mass is 9.33. The van der Waals surface area contributed by atoms with Gasteiger partial charge in [0.25, 0.3) is 6.71 Å². The molecule has 0 amide bonds. The van der Waals surface area contributed by atoms with Crippen LogP contribution in [0.3, 0.4) is 0 Å². The zero-order valence-electron chi connectivity index (χ0n) is 45.7. The quantitative estimate of drug-likeness (QED) is 0.141. The van der Waals surface area contributed by atoms with Crippen molar-refractivity contribution in [2.75, 3.05) is 19.6 Å². The van der Waals surface area contributed by atoms with Crippen LogP contribution in [0.2, 0.25) is 0 Å². The molecule has 15 aromatic rings. The van der Waals surface area contributed by atoms with Crippen LogP contribution in [0.1, 0.15) is 11.1 Å². The summed E-state index contributed by atoms with van der Waals surface area (Å²) in [7, 11) is 0.